The van der Waals surface area contributed by atoms with Crippen molar-refractivity contribution in [2.24, 2.45) is 11.1 Å². The largest absolute Gasteiger partial charge is 0.380 e. The maximum atomic E-state index is 10.8. The Morgan fingerprint density at radius 1 is 1.65 bits per heavy atom. The summed E-state index contributed by atoms with van der Waals surface area (Å²) in [5.74, 6) is -0.476. The van der Waals surface area contributed by atoms with Gasteiger partial charge in [0, 0.05) is 30.1 Å². The van der Waals surface area contributed by atoms with E-state index in [9.17, 15) is 4.79 Å². The SMILES string of the molecule is CC(C=CC(N)=O)(CC#N)N1CC2(COC2)C1. The first-order chi connectivity index (χ1) is 8.00. The number of primary amides is 1. The summed E-state index contributed by atoms with van der Waals surface area (Å²) < 4.78 is 5.22. The van der Waals surface area contributed by atoms with Crippen LogP contribution >= 0.6 is 0 Å². The van der Waals surface area contributed by atoms with Crippen molar-refractivity contribution in [3.05, 3.63) is 12.2 Å². The van der Waals surface area contributed by atoms with Gasteiger partial charge >= 0.3 is 0 Å². The molecule has 1 atom stereocenters. The van der Waals surface area contributed by atoms with E-state index in [-0.39, 0.29) is 0 Å². The lowest BCUT2D eigenvalue weighted by Crippen LogP contribution is -2.70. The maximum Gasteiger partial charge on any atom is 0.241 e. The van der Waals surface area contributed by atoms with Gasteiger partial charge < -0.3 is 10.5 Å². The molecule has 2 fully saturated rings. The highest BCUT2D eigenvalue weighted by Crippen LogP contribution is 2.42. The van der Waals surface area contributed by atoms with E-state index in [2.05, 4.69) is 11.0 Å². The van der Waals surface area contributed by atoms with E-state index >= 15 is 0 Å². The summed E-state index contributed by atoms with van der Waals surface area (Å²) in [6.45, 7) is 5.43. The number of hydrogen-bond donors (Lipinski definition) is 1. The smallest absolute Gasteiger partial charge is 0.241 e. The fraction of sp³-hybridized carbons (Fsp3) is 0.667. The number of hydrogen-bond acceptors (Lipinski definition) is 4. The van der Waals surface area contributed by atoms with Crippen LogP contribution in [0.4, 0.5) is 0 Å². The Morgan fingerprint density at radius 2 is 2.29 bits per heavy atom. The van der Waals surface area contributed by atoms with Gasteiger partial charge in [-0.05, 0) is 6.92 Å². The number of amides is 1. The van der Waals surface area contributed by atoms with Gasteiger partial charge in [0.15, 0.2) is 0 Å². The number of nitrogens with two attached hydrogens (primary N) is 1. The first-order valence-electron chi connectivity index (χ1n) is 5.68. The molecule has 0 aromatic heterocycles. The number of rotatable bonds is 4. The lowest BCUT2D eigenvalue weighted by Gasteiger charge is -2.59. The minimum atomic E-state index is -0.476. The third-order valence-electron chi connectivity index (χ3n) is 3.64. The van der Waals surface area contributed by atoms with Crippen molar-refractivity contribution < 1.29 is 9.53 Å². The van der Waals surface area contributed by atoms with E-state index in [4.69, 9.17) is 15.7 Å². The molecule has 0 saturated carbocycles. The number of likely N-dealkylation sites (tertiary alicyclic amines) is 1. The standard InChI is InChI=1S/C12H17N3O2/c1-11(4-5-13,3-2-10(14)16)15-6-12(7-15)8-17-9-12/h2-3H,4,6-9H2,1H3,(H2,14,16). The highest BCUT2D eigenvalue weighted by molar-refractivity contribution is 5.85. The Hall–Kier alpha value is -1.38. The van der Waals surface area contributed by atoms with Crippen LogP contribution in [-0.4, -0.2) is 42.6 Å². The summed E-state index contributed by atoms with van der Waals surface area (Å²) >= 11 is 0. The highest BCUT2D eigenvalue weighted by atomic mass is 16.5. The van der Waals surface area contributed by atoms with Crippen molar-refractivity contribution in [3.63, 3.8) is 0 Å². The second-order valence-corrected chi connectivity index (χ2v) is 5.28. The van der Waals surface area contributed by atoms with Gasteiger partial charge in [0.05, 0.1) is 25.7 Å². The van der Waals surface area contributed by atoms with Crippen LogP contribution in [0.15, 0.2) is 12.2 Å². The van der Waals surface area contributed by atoms with Crippen molar-refractivity contribution in [2.45, 2.75) is 18.9 Å². The average molecular weight is 235 g/mol. The van der Waals surface area contributed by atoms with Crippen molar-refractivity contribution in [1.82, 2.24) is 4.90 Å². The molecule has 92 valence electrons. The van der Waals surface area contributed by atoms with Gasteiger partial charge in [-0.3, -0.25) is 9.69 Å². The van der Waals surface area contributed by atoms with Crippen LogP contribution in [0.5, 0.6) is 0 Å². The third kappa shape index (κ3) is 2.19. The molecule has 0 aromatic carbocycles. The first kappa shape index (κ1) is 12.1. The molecule has 17 heavy (non-hydrogen) atoms. The zero-order valence-corrected chi connectivity index (χ0v) is 9.98. The van der Waals surface area contributed by atoms with Gasteiger partial charge in [-0.1, -0.05) is 6.08 Å². The Labute approximate surface area is 101 Å². The molecule has 1 amide bonds. The van der Waals surface area contributed by atoms with Crippen molar-refractivity contribution in [1.29, 1.82) is 5.26 Å². The summed E-state index contributed by atoms with van der Waals surface area (Å²) in [6, 6.07) is 2.17. The molecule has 2 saturated heterocycles. The van der Waals surface area contributed by atoms with Crippen LogP contribution in [0.1, 0.15) is 13.3 Å². The quantitative estimate of drug-likeness (QED) is 0.697. The molecule has 1 unspecified atom stereocenters. The average Bonchev–Trinajstić information content (AvgIpc) is 2.10. The minimum absolute atomic E-state index is 0.303. The molecular formula is C12H17N3O2. The van der Waals surface area contributed by atoms with E-state index < -0.39 is 11.4 Å². The Kier molecular flexibility index (Phi) is 2.94. The Morgan fingerprint density at radius 3 is 2.71 bits per heavy atom. The molecule has 2 heterocycles. The van der Waals surface area contributed by atoms with Crippen molar-refractivity contribution in [2.75, 3.05) is 26.3 Å². The number of ether oxygens (including phenoxy) is 1. The minimum Gasteiger partial charge on any atom is -0.380 e. The molecule has 0 aromatic rings. The van der Waals surface area contributed by atoms with Gasteiger partial charge in [-0.2, -0.15) is 5.26 Å². The van der Waals surface area contributed by atoms with Gasteiger partial charge in [0.25, 0.3) is 0 Å². The second kappa shape index (κ2) is 4.13. The van der Waals surface area contributed by atoms with E-state index in [1.807, 2.05) is 6.92 Å². The Balaban J connectivity index is 2.02. The summed E-state index contributed by atoms with van der Waals surface area (Å²) in [6.07, 6.45) is 3.44. The summed E-state index contributed by atoms with van der Waals surface area (Å²) in [5.41, 5.74) is 5.00. The van der Waals surface area contributed by atoms with Gasteiger partial charge in [-0.25, -0.2) is 0 Å². The highest BCUT2D eigenvalue weighted by Gasteiger charge is 2.53. The molecule has 1 spiro atoms. The third-order valence-corrected chi connectivity index (χ3v) is 3.64. The van der Waals surface area contributed by atoms with Gasteiger partial charge in [0.1, 0.15) is 0 Å². The molecule has 2 rings (SSSR count). The van der Waals surface area contributed by atoms with Gasteiger partial charge in [0.2, 0.25) is 5.91 Å². The van der Waals surface area contributed by atoms with Crippen LogP contribution in [0, 0.1) is 16.7 Å². The number of nitriles is 1. The number of carbonyl (C=O) groups excluding carboxylic acids is 1. The number of nitrogens with zero attached hydrogens (tertiary/aromatic N) is 2. The summed E-state index contributed by atoms with van der Waals surface area (Å²) in [5, 5.41) is 8.89. The zero-order valence-electron chi connectivity index (χ0n) is 9.98. The summed E-state index contributed by atoms with van der Waals surface area (Å²) in [7, 11) is 0. The van der Waals surface area contributed by atoms with E-state index in [0.29, 0.717) is 11.8 Å². The topological polar surface area (TPSA) is 79.3 Å². The van der Waals surface area contributed by atoms with Crippen LogP contribution in [0.3, 0.4) is 0 Å². The van der Waals surface area contributed by atoms with Crippen LogP contribution in [0.2, 0.25) is 0 Å². The lowest BCUT2D eigenvalue weighted by molar-refractivity contribution is -0.205. The number of carbonyl (C=O) groups is 1. The van der Waals surface area contributed by atoms with Gasteiger partial charge in [-0.15, -0.1) is 0 Å². The van der Waals surface area contributed by atoms with Crippen LogP contribution in [0.25, 0.3) is 0 Å². The van der Waals surface area contributed by atoms with Crippen LogP contribution in [-0.2, 0) is 9.53 Å². The van der Waals surface area contributed by atoms with Crippen molar-refractivity contribution >= 4 is 5.91 Å². The van der Waals surface area contributed by atoms with E-state index in [1.165, 1.54) is 6.08 Å². The monoisotopic (exact) mass is 235 g/mol. The Bertz CT molecular complexity index is 387. The molecule has 0 aliphatic carbocycles. The molecular weight excluding hydrogens is 218 g/mol. The van der Waals surface area contributed by atoms with E-state index in [0.717, 1.165) is 26.3 Å². The zero-order chi connectivity index (χ0) is 12.5. The summed E-state index contributed by atoms with van der Waals surface area (Å²) in [4.78, 5) is 13.0. The predicted octanol–water partition coefficient (Wildman–Crippen LogP) is 0.0325. The lowest BCUT2D eigenvalue weighted by atomic mass is 9.74. The molecule has 2 aliphatic rings. The molecule has 2 aliphatic heterocycles. The van der Waals surface area contributed by atoms with Crippen molar-refractivity contribution in [3.8, 4) is 6.07 Å². The van der Waals surface area contributed by atoms with Crippen LogP contribution < -0.4 is 5.73 Å². The molecule has 5 heteroatoms. The predicted molar refractivity (Wildman–Crippen MR) is 61.8 cm³/mol. The first-order valence-corrected chi connectivity index (χ1v) is 5.68. The fourth-order valence-corrected chi connectivity index (χ4v) is 2.40. The second-order valence-electron chi connectivity index (χ2n) is 5.28. The molecule has 0 radical (unpaired) electrons. The normalized spacial score (nSPS) is 25.9. The molecule has 5 nitrogen and oxygen atoms in total. The molecule has 2 N–H and O–H groups in total. The maximum absolute atomic E-state index is 10.8. The van der Waals surface area contributed by atoms with E-state index in [1.54, 1.807) is 6.08 Å². The fourth-order valence-electron chi connectivity index (χ4n) is 2.40. The molecule has 0 bridgehead atoms.